The van der Waals surface area contributed by atoms with E-state index in [1.54, 1.807) is 4.68 Å². The van der Waals surface area contributed by atoms with E-state index in [0.717, 1.165) is 49.8 Å². The monoisotopic (exact) mass is 369 g/mol. The second-order valence-corrected chi connectivity index (χ2v) is 7.57. The predicted molar refractivity (Wildman–Crippen MR) is 109 cm³/mol. The van der Waals surface area contributed by atoms with Gasteiger partial charge in [-0.15, -0.1) is 0 Å². The van der Waals surface area contributed by atoms with Crippen molar-refractivity contribution in [2.75, 3.05) is 31.5 Å². The highest BCUT2D eigenvalue weighted by Crippen LogP contribution is 2.20. The predicted octanol–water partition coefficient (Wildman–Crippen LogP) is 2.49. The number of rotatable bonds is 5. The van der Waals surface area contributed by atoms with E-state index in [4.69, 9.17) is 0 Å². The highest BCUT2D eigenvalue weighted by Gasteiger charge is 2.26. The van der Waals surface area contributed by atoms with Crippen molar-refractivity contribution in [2.45, 2.75) is 40.3 Å². The summed E-state index contributed by atoms with van der Waals surface area (Å²) >= 11 is 0. The van der Waals surface area contributed by atoms with Gasteiger partial charge >= 0.3 is 0 Å². The highest BCUT2D eigenvalue weighted by molar-refractivity contribution is 5.95. The lowest BCUT2D eigenvalue weighted by molar-refractivity contribution is -0.121. The topological polar surface area (TPSA) is 53.4 Å². The minimum Gasteiger partial charge on any atom is -0.322 e. The van der Waals surface area contributed by atoms with Gasteiger partial charge < -0.3 is 5.32 Å². The van der Waals surface area contributed by atoms with Crippen molar-refractivity contribution in [3.8, 4) is 0 Å². The Kier molecular flexibility index (Phi) is 5.97. The SMILES string of the molecule is Cc1ccccc1CN1CCN([C@@H](C)C(=O)Nc2c(C)nn(C)c2C)CC1. The number of benzene rings is 1. The molecule has 6 heteroatoms. The Bertz CT molecular complexity index is 805. The molecule has 0 unspecified atom stereocenters. The third-order valence-corrected chi connectivity index (χ3v) is 5.75. The Hall–Kier alpha value is -2.18. The van der Waals surface area contributed by atoms with Crippen molar-refractivity contribution in [3.63, 3.8) is 0 Å². The van der Waals surface area contributed by atoms with E-state index in [1.807, 2.05) is 27.8 Å². The van der Waals surface area contributed by atoms with Gasteiger partial charge in [-0.05, 0) is 38.8 Å². The summed E-state index contributed by atoms with van der Waals surface area (Å²) in [5.74, 6) is 0.0431. The first-order chi connectivity index (χ1) is 12.9. The maximum absolute atomic E-state index is 12.7. The molecule has 0 aliphatic carbocycles. The lowest BCUT2D eigenvalue weighted by atomic mass is 10.1. The number of amides is 1. The Labute approximate surface area is 162 Å². The number of aromatic nitrogens is 2. The van der Waals surface area contributed by atoms with Crippen LogP contribution in [0.25, 0.3) is 0 Å². The molecule has 1 N–H and O–H groups in total. The Balaban J connectivity index is 1.54. The van der Waals surface area contributed by atoms with E-state index in [0.29, 0.717) is 0 Å². The van der Waals surface area contributed by atoms with Gasteiger partial charge in [-0.25, -0.2) is 0 Å². The van der Waals surface area contributed by atoms with Crippen LogP contribution in [0.3, 0.4) is 0 Å². The zero-order valence-corrected chi connectivity index (χ0v) is 17.1. The van der Waals surface area contributed by atoms with Gasteiger partial charge in [-0.1, -0.05) is 24.3 Å². The number of nitrogens with zero attached hydrogens (tertiary/aromatic N) is 4. The van der Waals surface area contributed by atoms with Crippen molar-refractivity contribution in [3.05, 3.63) is 46.8 Å². The largest absolute Gasteiger partial charge is 0.322 e. The molecule has 1 amide bonds. The second kappa shape index (κ2) is 8.23. The number of carbonyl (C=O) groups is 1. The smallest absolute Gasteiger partial charge is 0.241 e. The number of carbonyl (C=O) groups excluding carboxylic acids is 1. The maximum Gasteiger partial charge on any atom is 0.241 e. The molecule has 6 nitrogen and oxygen atoms in total. The molecule has 1 atom stereocenters. The van der Waals surface area contributed by atoms with E-state index in [1.165, 1.54) is 11.1 Å². The summed E-state index contributed by atoms with van der Waals surface area (Å²) in [5, 5.41) is 7.45. The van der Waals surface area contributed by atoms with Crippen LogP contribution in [-0.4, -0.2) is 57.7 Å². The third kappa shape index (κ3) is 4.39. The minimum atomic E-state index is -0.149. The first-order valence-electron chi connectivity index (χ1n) is 9.68. The van der Waals surface area contributed by atoms with Gasteiger partial charge in [0.25, 0.3) is 0 Å². The number of hydrogen-bond acceptors (Lipinski definition) is 4. The summed E-state index contributed by atoms with van der Waals surface area (Å²) in [5.41, 5.74) is 5.41. The molecule has 0 radical (unpaired) electrons. The average molecular weight is 370 g/mol. The van der Waals surface area contributed by atoms with Crippen molar-refractivity contribution in [1.82, 2.24) is 19.6 Å². The fourth-order valence-electron chi connectivity index (χ4n) is 3.69. The quantitative estimate of drug-likeness (QED) is 0.880. The van der Waals surface area contributed by atoms with Gasteiger partial charge in [0.1, 0.15) is 0 Å². The summed E-state index contributed by atoms with van der Waals surface area (Å²) in [7, 11) is 1.90. The molecule has 0 bridgehead atoms. The zero-order valence-electron chi connectivity index (χ0n) is 17.1. The van der Waals surface area contributed by atoms with E-state index in [9.17, 15) is 4.79 Å². The normalized spacial score (nSPS) is 17.1. The van der Waals surface area contributed by atoms with Crippen LogP contribution in [0.2, 0.25) is 0 Å². The van der Waals surface area contributed by atoms with Crippen molar-refractivity contribution in [1.29, 1.82) is 0 Å². The van der Waals surface area contributed by atoms with Gasteiger partial charge in [0.15, 0.2) is 0 Å². The van der Waals surface area contributed by atoms with Crippen LogP contribution < -0.4 is 5.32 Å². The number of nitrogens with one attached hydrogen (secondary N) is 1. The van der Waals surface area contributed by atoms with Crippen LogP contribution in [-0.2, 0) is 18.4 Å². The molecule has 3 rings (SSSR count). The standard InChI is InChI=1S/C21H31N5O/c1-15-8-6-7-9-19(15)14-25-10-12-26(13-11-25)18(4)21(27)22-20-16(2)23-24(5)17(20)3/h6-9,18H,10-14H2,1-5H3,(H,22,27)/t18-/m0/s1. The summed E-state index contributed by atoms with van der Waals surface area (Å²) in [4.78, 5) is 17.5. The van der Waals surface area contributed by atoms with Gasteiger partial charge in [-0.2, -0.15) is 5.10 Å². The molecule has 1 aromatic carbocycles. The molecule has 27 heavy (non-hydrogen) atoms. The molecule has 0 spiro atoms. The Morgan fingerprint density at radius 1 is 1.15 bits per heavy atom. The van der Waals surface area contributed by atoms with Crippen LogP contribution in [0.15, 0.2) is 24.3 Å². The number of aryl methyl sites for hydroxylation is 3. The van der Waals surface area contributed by atoms with E-state index in [2.05, 4.69) is 51.4 Å². The van der Waals surface area contributed by atoms with E-state index < -0.39 is 0 Å². The molecule has 1 aliphatic heterocycles. The summed E-state index contributed by atoms with van der Waals surface area (Å²) in [6, 6.07) is 8.41. The van der Waals surface area contributed by atoms with Crippen LogP contribution in [0.4, 0.5) is 5.69 Å². The van der Waals surface area contributed by atoms with Crippen molar-refractivity contribution in [2.24, 2.45) is 7.05 Å². The molecule has 1 fully saturated rings. The third-order valence-electron chi connectivity index (χ3n) is 5.75. The van der Waals surface area contributed by atoms with Crippen molar-refractivity contribution < 1.29 is 4.79 Å². The van der Waals surface area contributed by atoms with Gasteiger partial charge in [0.05, 0.1) is 23.1 Å². The maximum atomic E-state index is 12.7. The number of anilines is 1. The Morgan fingerprint density at radius 3 is 2.41 bits per heavy atom. The number of hydrogen-bond donors (Lipinski definition) is 1. The van der Waals surface area contributed by atoms with Crippen LogP contribution in [0, 0.1) is 20.8 Å². The van der Waals surface area contributed by atoms with Crippen LogP contribution >= 0.6 is 0 Å². The molecule has 1 saturated heterocycles. The van der Waals surface area contributed by atoms with Gasteiger partial charge in [0.2, 0.25) is 5.91 Å². The van der Waals surface area contributed by atoms with Crippen LogP contribution in [0.1, 0.15) is 29.4 Å². The summed E-state index contributed by atoms with van der Waals surface area (Å²) in [6.07, 6.45) is 0. The lowest BCUT2D eigenvalue weighted by Gasteiger charge is -2.37. The van der Waals surface area contributed by atoms with Gasteiger partial charge in [-0.3, -0.25) is 19.3 Å². The fourth-order valence-corrected chi connectivity index (χ4v) is 3.69. The van der Waals surface area contributed by atoms with Crippen LogP contribution in [0.5, 0.6) is 0 Å². The summed E-state index contributed by atoms with van der Waals surface area (Å²) in [6.45, 7) is 12.8. The van der Waals surface area contributed by atoms with Gasteiger partial charge in [0, 0.05) is 39.8 Å². The molecular formula is C21H31N5O. The molecule has 2 heterocycles. The van der Waals surface area contributed by atoms with E-state index >= 15 is 0 Å². The minimum absolute atomic E-state index is 0.0431. The fraction of sp³-hybridized carbons (Fsp3) is 0.524. The molecule has 2 aromatic rings. The molecular weight excluding hydrogens is 338 g/mol. The highest BCUT2D eigenvalue weighted by atomic mass is 16.2. The van der Waals surface area contributed by atoms with E-state index in [-0.39, 0.29) is 11.9 Å². The molecule has 1 aliphatic rings. The zero-order chi connectivity index (χ0) is 19.6. The average Bonchev–Trinajstić information content (AvgIpc) is 2.89. The first kappa shape index (κ1) is 19.6. The first-order valence-corrected chi connectivity index (χ1v) is 9.68. The Morgan fingerprint density at radius 2 is 1.81 bits per heavy atom. The van der Waals surface area contributed by atoms with Crippen molar-refractivity contribution >= 4 is 11.6 Å². The number of piperazine rings is 1. The summed E-state index contributed by atoms with van der Waals surface area (Å²) < 4.78 is 1.81. The molecule has 0 saturated carbocycles. The molecule has 1 aromatic heterocycles. The molecule has 146 valence electrons. The second-order valence-electron chi connectivity index (χ2n) is 7.57. The lowest BCUT2D eigenvalue weighted by Crippen LogP contribution is -2.52.